The van der Waals surface area contributed by atoms with E-state index in [0.29, 0.717) is 16.8 Å². The number of hydrogen-bond donors (Lipinski definition) is 0. The predicted octanol–water partition coefficient (Wildman–Crippen LogP) is 2.18. The molecule has 0 aliphatic heterocycles. The Kier molecular flexibility index (Phi) is 2.46. The van der Waals surface area contributed by atoms with E-state index in [1.54, 1.807) is 23.0 Å². The summed E-state index contributed by atoms with van der Waals surface area (Å²) in [6.07, 6.45) is 3.46. The number of rotatable bonds is 1. The molecule has 0 saturated heterocycles. The van der Waals surface area contributed by atoms with Crippen LogP contribution in [0.15, 0.2) is 53.6 Å². The molecule has 4 heteroatoms. The Balaban J connectivity index is 2.44. The molecule has 0 aliphatic rings. The smallest absolute Gasteiger partial charge is 0.264 e. The molecule has 2 aromatic heterocycles. The van der Waals surface area contributed by atoms with Crippen molar-refractivity contribution in [2.24, 2.45) is 7.05 Å². The summed E-state index contributed by atoms with van der Waals surface area (Å²) in [5.74, 6) is 0. The topological polar surface area (TPSA) is 50.2 Å². The van der Waals surface area contributed by atoms with Crippen molar-refractivity contribution >= 4 is 5.65 Å². The molecule has 0 aliphatic carbocycles. The monoisotopic (exact) mass is 249 g/mol. The van der Waals surface area contributed by atoms with Crippen LogP contribution in [0.3, 0.4) is 0 Å². The van der Waals surface area contributed by atoms with E-state index in [-0.39, 0.29) is 5.56 Å². The van der Waals surface area contributed by atoms with Crippen LogP contribution < -0.4 is 5.56 Å². The maximum absolute atomic E-state index is 12.5. The van der Waals surface area contributed by atoms with Gasteiger partial charge in [0.1, 0.15) is 11.7 Å². The molecule has 0 fully saturated rings. The van der Waals surface area contributed by atoms with Crippen LogP contribution in [0.4, 0.5) is 0 Å². The Hall–Kier alpha value is -2.80. The molecule has 3 aromatic rings. The van der Waals surface area contributed by atoms with Gasteiger partial charge in [0.15, 0.2) is 0 Å². The number of hydrogen-bond acceptors (Lipinski definition) is 2. The minimum Gasteiger partial charge on any atom is -0.335 e. The molecule has 0 unspecified atom stereocenters. The minimum absolute atomic E-state index is 0.110. The largest absolute Gasteiger partial charge is 0.335 e. The molecule has 0 bridgehead atoms. The average molecular weight is 249 g/mol. The SMILES string of the molecule is Cn1ccn2c(=O)c(-c3ccccc3)cc(C#N)c12. The molecule has 0 spiro atoms. The van der Waals surface area contributed by atoms with Crippen molar-refractivity contribution in [2.75, 3.05) is 0 Å². The van der Waals surface area contributed by atoms with Crippen LogP contribution in [0, 0.1) is 11.3 Å². The Morgan fingerprint density at radius 1 is 1.16 bits per heavy atom. The van der Waals surface area contributed by atoms with E-state index in [1.807, 2.05) is 37.4 Å². The Morgan fingerprint density at radius 2 is 1.89 bits per heavy atom. The lowest BCUT2D eigenvalue weighted by atomic mass is 10.1. The zero-order valence-electron chi connectivity index (χ0n) is 10.4. The lowest BCUT2D eigenvalue weighted by Gasteiger charge is -2.05. The molecule has 92 valence electrons. The van der Waals surface area contributed by atoms with E-state index in [1.165, 1.54) is 4.40 Å². The summed E-state index contributed by atoms with van der Waals surface area (Å²) in [4.78, 5) is 12.5. The van der Waals surface area contributed by atoms with Crippen LogP contribution in [0.25, 0.3) is 16.8 Å². The third kappa shape index (κ3) is 1.64. The Labute approximate surface area is 109 Å². The number of imidazole rings is 1. The summed E-state index contributed by atoms with van der Waals surface area (Å²) in [6, 6.07) is 13.2. The zero-order chi connectivity index (χ0) is 13.4. The first-order valence-corrected chi connectivity index (χ1v) is 5.88. The lowest BCUT2D eigenvalue weighted by molar-refractivity contribution is 0.944. The standard InChI is InChI=1S/C15H11N3O/c1-17-7-8-18-14(17)12(10-16)9-13(15(18)19)11-5-3-2-4-6-11/h2-9H,1H3. The number of fused-ring (bicyclic) bond motifs is 1. The van der Waals surface area contributed by atoms with E-state index < -0.39 is 0 Å². The second-order valence-corrected chi connectivity index (χ2v) is 4.36. The van der Waals surface area contributed by atoms with Crippen LogP contribution in [-0.2, 0) is 7.05 Å². The summed E-state index contributed by atoms with van der Waals surface area (Å²) >= 11 is 0. The number of nitrogens with zero attached hydrogens (tertiary/aromatic N) is 3. The quantitative estimate of drug-likeness (QED) is 0.663. The van der Waals surface area contributed by atoms with Crippen molar-refractivity contribution in [2.45, 2.75) is 0 Å². The number of benzene rings is 1. The van der Waals surface area contributed by atoms with Crippen LogP contribution in [0.2, 0.25) is 0 Å². The summed E-state index contributed by atoms with van der Waals surface area (Å²) in [5, 5.41) is 9.26. The summed E-state index contributed by atoms with van der Waals surface area (Å²) in [7, 11) is 1.82. The first kappa shape index (κ1) is 11.3. The molecule has 0 amide bonds. The first-order valence-electron chi connectivity index (χ1n) is 5.88. The van der Waals surface area contributed by atoms with Crippen molar-refractivity contribution in [3.05, 3.63) is 64.7 Å². The maximum Gasteiger partial charge on any atom is 0.264 e. The van der Waals surface area contributed by atoms with Crippen LogP contribution in [-0.4, -0.2) is 8.97 Å². The van der Waals surface area contributed by atoms with E-state index >= 15 is 0 Å². The van der Waals surface area contributed by atoms with Crippen LogP contribution >= 0.6 is 0 Å². The summed E-state index contributed by atoms with van der Waals surface area (Å²) < 4.78 is 3.29. The van der Waals surface area contributed by atoms with Crippen molar-refractivity contribution in [1.82, 2.24) is 8.97 Å². The number of pyridine rings is 1. The van der Waals surface area contributed by atoms with Gasteiger partial charge in [0.25, 0.3) is 5.56 Å². The second kappa shape index (κ2) is 4.14. The molecular weight excluding hydrogens is 238 g/mol. The van der Waals surface area contributed by atoms with Gasteiger partial charge in [-0.05, 0) is 11.6 Å². The lowest BCUT2D eigenvalue weighted by Crippen LogP contribution is -2.16. The molecule has 4 nitrogen and oxygen atoms in total. The Morgan fingerprint density at radius 3 is 2.58 bits per heavy atom. The zero-order valence-corrected chi connectivity index (χ0v) is 10.4. The van der Waals surface area contributed by atoms with Gasteiger partial charge in [-0.3, -0.25) is 9.20 Å². The van der Waals surface area contributed by atoms with Crippen molar-refractivity contribution in [1.29, 1.82) is 5.26 Å². The molecule has 19 heavy (non-hydrogen) atoms. The van der Waals surface area contributed by atoms with Crippen molar-refractivity contribution in [3.63, 3.8) is 0 Å². The summed E-state index contributed by atoms with van der Waals surface area (Å²) in [6.45, 7) is 0. The minimum atomic E-state index is -0.110. The fourth-order valence-corrected chi connectivity index (χ4v) is 2.27. The average Bonchev–Trinajstić information content (AvgIpc) is 2.84. The molecule has 0 N–H and O–H groups in total. The number of aryl methyl sites for hydroxylation is 1. The summed E-state index contributed by atoms with van der Waals surface area (Å²) in [5.41, 5.74) is 2.36. The first-order chi connectivity index (χ1) is 9.22. The van der Waals surface area contributed by atoms with Crippen molar-refractivity contribution < 1.29 is 0 Å². The third-order valence-electron chi connectivity index (χ3n) is 3.19. The highest BCUT2D eigenvalue weighted by molar-refractivity contribution is 5.69. The molecule has 1 aromatic carbocycles. The van der Waals surface area contributed by atoms with Gasteiger partial charge in [0.05, 0.1) is 5.56 Å². The fourth-order valence-electron chi connectivity index (χ4n) is 2.27. The van der Waals surface area contributed by atoms with Gasteiger partial charge < -0.3 is 4.57 Å². The maximum atomic E-state index is 12.5. The predicted molar refractivity (Wildman–Crippen MR) is 72.8 cm³/mol. The third-order valence-corrected chi connectivity index (χ3v) is 3.19. The normalized spacial score (nSPS) is 10.5. The van der Waals surface area contributed by atoms with Gasteiger partial charge in [-0.1, -0.05) is 30.3 Å². The molecule has 2 heterocycles. The highest BCUT2D eigenvalue weighted by atomic mass is 16.1. The highest BCUT2D eigenvalue weighted by Gasteiger charge is 2.12. The van der Waals surface area contributed by atoms with E-state index in [4.69, 9.17) is 0 Å². The molecule has 0 saturated carbocycles. The van der Waals surface area contributed by atoms with Gasteiger partial charge in [-0.25, -0.2) is 0 Å². The van der Waals surface area contributed by atoms with Gasteiger partial charge in [0.2, 0.25) is 0 Å². The molecular formula is C15H11N3O. The van der Waals surface area contributed by atoms with E-state index in [9.17, 15) is 10.1 Å². The van der Waals surface area contributed by atoms with Gasteiger partial charge >= 0.3 is 0 Å². The van der Waals surface area contributed by atoms with E-state index in [0.717, 1.165) is 5.56 Å². The molecule has 3 rings (SSSR count). The highest BCUT2D eigenvalue weighted by Crippen LogP contribution is 2.19. The molecule has 0 radical (unpaired) electrons. The van der Waals surface area contributed by atoms with E-state index in [2.05, 4.69) is 6.07 Å². The van der Waals surface area contributed by atoms with Gasteiger partial charge in [0, 0.05) is 25.0 Å². The fraction of sp³-hybridized carbons (Fsp3) is 0.0667. The van der Waals surface area contributed by atoms with Crippen LogP contribution in [0.5, 0.6) is 0 Å². The van der Waals surface area contributed by atoms with Gasteiger partial charge in [-0.15, -0.1) is 0 Å². The number of nitriles is 1. The Bertz CT molecular complexity index is 851. The van der Waals surface area contributed by atoms with Crippen molar-refractivity contribution in [3.8, 4) is 17.2 Å². The number of aromatic nitrogens is 2. The molecule has 0 atom stereocenters. The van der Waals surface area contributed by atoms with Gasteiger partial charge in [-0.2, -0.15) is 5.26 Å². The van der Waals surface area contributed by atoms with Crippen LogP contribution in [0.1, 0.15) is 5.56 Å². The second-order valence-electron chi connectivity index (χ2n) is 4.36.